The molecule has 2 rings (SSSR count). The summed E-state index contributed by atoms with van der Waals surface area (Å²) >= 11 is 5.18. The van der Waals surface area contributed by atoms with Crippen LogP contribution in [-0.4, -0.2) is 17.1 Å². The van der Waals surface area contributed by atoms with Gasteiger partial charge >= 0.3 is 0 Å². The maximum absolute atomic E-state index is 5.18. The van der Waals surface area contributed by atoms with Gasteiger partial charge in [-0.05, 0) is 49.5 Å². The van der Waals surface area contributed by atoms with Crippen LogP contribution in [0.15, 0.2) is 12.1 Å². The molecule has 0 aliphatic heterocycles. The summed E-state index contributed by atoms with van der Waals surface area (Å²) in [4.78, 5) is 4.75. The molecule has 0 bridgehead atoms. The van der Waals surface area contributed by atoms with E-state index in [2.05, 4.69) is 29.7 Å². The lowest BCUT2D eigenvalue weighted by atomic mass is 9.91. The largest absolute Gasteiger partial charge is 0.366 e. The van der Waals surface area contributed by atoms with E-state index in [0.717, 1.165) is 25.0 Å². The lowest BCUT2D eigenvalue weighted by molar-refractivity contribution is 0.509. The van der Waals surface area contributed by atoms with Crippen LogP contribution in [0.4, 0.5) is 0 Å². The second-order valence-corrected chi connectivity index (χ2v) is 4.78. The molecule has 17 heavy (non-hydrogen) atoms. The van der Waals surface area contributed by atoms with Gasteiger partial charge in [-0.25, -0.2) is 0 Å². The summed E-state index contributed by atoms with van der Waals surface area (Å²) in [5.74, 6) is 0. The fourth-order valence-corrected chi connectivity index (χ4v) is 2.40. The highest BCUT2D eigenvalue weighted by molar-refractivity contribution is 7.80. The number of nitrogens with one attached hydrogen (secondary N) is 2. The average molecular weight is 249 g/mol. The predicted octanol–water partition coefficient (Wildman–Crippen LogP) is 2.12. The molecule has 1 heterocycles. The molecular weight excluding hydrogens is 230 g/mol. The minimum absolute atomic E-state index is 0.269. The standard InChI is InChI=1S/C13H19N3S/c1-3-10-8-7-9-5-4-6-11(12(9)15-10)16-13(17)14-2/h7-8,11H,3-6H2,1-2H3,(H2,14,16,17). The second kappa shape index (κ2) is 5.45. The maximum Gasteiger partial charge on any atom is 0.166 e. The van der Waals surface area contributed by atoms with Crippen LogP contribution in [0.5, 0.6) is 0 Å². The van der Waals surface area contributed by atoms with Crippen molar-refractivity contribution in [2.45, 2.75) is 38.6 Å². The van der Waals surface area contributed by atoms with E-state index in [1.54, 1.807) is 0 Å². The Balaban J connectivity index is 2.25. The fraction of sp³-hybridized carbons (Fsp3) is 0.538. The van der Waals surface area contributed by atoms with Crippen LogP contribution in [0.25, 0.3) is 0 Å². The Morgan fingerprint density at radius 1 is 1.53 bits per heavy atom. The van der Waals surface area contributed by atoms with E-state index in [0.29, 0.717) is 5.11 Å². The van der Waals surface area contributed by atoms with Crippen molar-refractivity contribution >= 4 is 17.3 Å². The van der Waals surface area contributed by atoms with Crippen LogP contribution in [0.3, 0.4) is 0 Å². The van der Waals surface area contributed by atoms with Gasteiger partial charge in [-0.2, -0.15) is 0 Å². The Kier molecular flexibility index (Phi) is 3.94. The van der Waals surface area contributed by atoms with Gasteiger partial charge in [0, 0.05) is 12.7 Å². The topological polar surface area (TPSA) is 37.0 Å². The third-order valence-electron chi connectivity index (χ3n) is 3.23. The molecule has 1 atom stereocenters. The molecule has 1 unspecified atom stereocenters. The number of hydrogen-bond donors (Lipinski definition) is 2. The molecule has 0 aromatic carbocycles. The van der Waals surface area contributed by atoms with Crippen molar-refractivity contribution in [3.63, 3.8) is 0 Å². The number of aromatic nitrogens is 1. The Morgan fingerprint density at radius 2 is 2.35 bits per heavy atom. The van der Waals surface area contributed by atoms with Crippen LogP contribution in [0, 0.1) is 0 Å². The van der Waals surface area contributed by atoms with Crippen molar-refractivity contribution in [3.05, 3.63) is 29.1 Å². The Morgan fingerprint density at radius 3 is 3.06 bits per heavy atom. The first-order valence-electron chi connectivity index (χ1n) is 6.21. The molecule has 0 radical (unpaired) electrons. The zero-order valence-corrected chi connectivity index (χ0v) is 11.2. The van der Waals surface area contributed by atoms with Crippen molar-refractivity contribution in [1.82, 2.24) is 15.6 Å². The van der Waals surface area contributed by atoms with E-state index in [1.165, 1.54) is 17.7 Å². The average Bonchev–Trinajstić information content (AvgIpc) is 2.38. The van der Waals surface area contributed by atoms with Gasteiger partial charge in [-0.15, -0.1) is 0 Å². The van der Waals surface area contributed by atoms with E-state index in [4.69, 9.17) is 17.2 Å². The van der Waals surface area contributed by atoms with Crippen LogP contribution in [-0.2, 0) is 12.8 Å². The summed E-state index contributed by atoms with van der Waals surface area (Å²) < 4.78 is 0. The van der Waals surface area contributed by atoms with Gasteiger partial charge in [0.2, 0.25) is 0 Å². The highest BCUT2D eigenvalue weighted by atomic mass is 32.1. The smallest absolute Gasteiger partial charge is 0.166 e. The van der Waals surface area contributed by atoms with E-state index in [9.17, 15) is 0 Å². The van der Waals surface area contributed by atoms with Crippen LogP contribution < -0.4 is 10.6 Å². The van der Waals surface area contributed by atoms with Crippen LogP contribution in [0.1, 0.15) is 42.8 Å². The number of pyridine rings is 1. The normalized spacial score (nSPS) is 18.4. The molecule has 1 aromatic heterocycles. The molecule has 0 saturated heterocycles. The molecule has 1 aliphatic carbocycles. The maximum atomic E-state index is 5.18. The highest BCUT2D eigenvalue weighted by Crippen LogP contribution is 2.28. The van der Waals surface area contributed by atoms with Gasteiger partial charge in [-0.3, -0.25) is 4.98 Å². The van der Waals surface area contributed by atoms with Gasteiger partial charge in [0.25, 0.3) is 0 Å². The summed E-state index contributed by atoms with van der Waals surface area (Å²) in [6.45, 7) is 2.14. The summed E-state index contributed by atoms with van der Waals surface area (Å²) in [7, 11) is 1.84. The monoisotopic (exact) mass is 249 g/mol. The quantitative estimate of drug-likeness (QED) is 0.787. The van der Waals surface area contributed by atoms with Crippen molar-refractivity contribution in [2.24, 2.45) is 0 Å². The number of rotatable bonds is 2. The molecule has 0 amide bonds. The van der Waals surface area contributed by atoms with Crippen molar-refractivity contribution in [3.8, 4) is 0 Å². The zero-order valence-electron chi connectivity index (χ0n) is 10.4. The third kappa shape index (κ3) is 2.75. The summed E-state index contributed by atoms with van der Waals surface area (Å²) in [6, 6.07) is 4.62. The zero-order chi connectivity index (χ0) is 12.3. The lowest BCUT2D eigenvalue weighted by Gasteiger charge is -2.26. The Labute approximate surface area is 108 Å². The molecule has 1 aliphatic rings. The molecular formula is C13H19N3S. The Bertz CT molecular complexity index is 417. The van der Waals surface area contributed by atoms with Gasteiger partial charge in [0.15, 0.2) is 5.11 Å². The van der Waals surface area contributed by atoms with E-state index in [-0.39, 0.29) is 6.04 Å². The van der Waals surface area contributed by atoms with Crippen molar-refractivity contribution < 1.29 is 0 Å². The first-order valence-corrected chi connectivity index (χ1v) is 6.62. The van der Waals surface area contributed by atoms with Gasteiger partial charge in [0.05, 0.1) is 11.7 Å². The van der Waals surface area contributed by atoms with Gasteiger partial charge in [0.1, 0.15) is 0 Å². The van der Waals surface area contributed by atoms with E-state index < -0.39 is 0 Å². The van der Waals surface area contributed by atoms with E-state index in [1.807, 2.05) is 7.05 Å². The van der Waals surface area contributed by atoms with E-state index >= 15 is 0 Å². The number of fused-ring (bicyclic) bond motifs is 1. The minimum Gasteiger partial charge on any atom is -0.366 e. The molecule has 92 valence electrons. The Hall–Kier alpha value is -1.16. The summed E-state index contributed by atoms with van der Waals surface area (Å²) in [5, 5.41) is 7.00. The number of aryl methyl sites for hydroxylation is 2. The predicted molar refractivity (Wildman–Crippen MR) is 74.1 cm³/mol. The molecule has 0 spiro atoms. The number of thiocarbonyl (C=S) groups is 1. The number of hydrogen-bond acceptors (Lipinski definition) is 2. The minimum atomic E-state index is 0.269. The number of nitrogens with zero attached hydrogens (tertiary/aromatic N) is 1. The molecule has 0 fully saturated rings. The fourth-order valence-electron chi connectivity index (χ4n) is 2.26. The van der Waals surface area contributed by atoms with Crippen LogP contribution >= 0.6 is 12.2 Å². The van der Waals surface area contributed by atoms with Crippen molar-refractivity contribution in [1.29, 1.82) is 0 Å². The molecule has 4 heteroatoms. The van der Waals surface area contributed by atoms with Crippen molar-refractivity contribution in [2.75, 3.05) is 7.05 Å². The summed E-state index contributed by atoms with van der Waals surface area (Å²) in [6.07, 6.45) is 4.42. The molecule has 0 saturated carbocycles. The first kappa shape index (κ1) is 12.3. The second-order valence-electron chi connectivity index (χ2n) is 4.37. The molecule has 2 N–H and O–H groups in total. The van der Waals surface area contributed by atoms with Gasteiger partial charge in [-0.1, -0.05) is 13.0 Å². The molecule has 3 nitrogen and oxygen atoms in total. The molecule has 1 aromatic rings. The SMILES string of the molecule is CCc1ccc2c(n1)C(NC(=S)NC)CCC2. The first-order chi connectivity index (χ1) is 8.24. The van der Waals surface area contributed by atoms with Crippen LogP contribution in [0.2, 0.25) is 0 Å². The third-order valence-corrected chi connectivity index (χ3v) is 3.56. The lowest BCUT2D eigenvalue weighted by Crippen LogP contribution is -2.37. The summed E-state index contributed by atoms with van der Waals surface area (Å²) in [5.41, 5.74) is 3.71. The highest BCUT2D eigenvalue weighted by Gasteiger charge is 2.22. The van der Waals surface area contributed by atoms with Gasteiger partial charge < -0.3 is 10.6 Å².